The minimum atomic E-state index is -8.81. The Balaban J connectivity index is 0. The molecule has 0 spiro atoms. The van der Waals surface area contributed by atoms with E-state index in [1.165, 1.54) is 0 Å². The van der Waals surface area contributed by atoms with E-state index in [0.29, 0.717) is 0 Å². The molecule has 3 nitrogen and oxygen atoms in total. The minimum absolute atomic E-state index is 0. The molecule has 0 bridgehead atoms. The molecule has 30 heavy (non-hydrogen) atoms. The SMILES string of the molecule is O=S(=O)([O-])C(F)(F)C(F)(F)C(F)(F)C(F)(F)C(F)(F)C(F)(F)C(F)(F)C(F)(F)Cl.[Na+]. The van der Waals surface area contributed by atoms with Gasteiger partial charge in [-0.15, -0.1) is 0 Å². The first-order chi connectivity index (χ1) is 12.0. The Kier molecular flexibility index (Phi) is 8.43. The Morgan fingerprint density at radius 1 is 0.500 bits per heavy atom. The van der Waals surface area contributed by atoms with Crippen LogP contribution in [0.3, 0.4) is 0 Å². The number of alkyl halides is 17. The molecule has 0 amide bonds. The average Bonchev–Trinajstić information content (AvgIpc) is 2.43. The predicted molar refractivity (Wildman–Crippen MR) is 55.1 cm³/mol. The van der Waals surface area contributed by atoms with Crippen molar-refractivity contribution in [2.45, 2.75) is 46.2 Å². The second kappa shape index (κ2) is 7.84. The molecule has 176 valence electrons. The molecule has 0 radical (unpaired) electrons. The van der Waals surface area contributed by atoms with E-state index in [1.807, 2.05) is 0 Å². The Bertz CT molecular complexity index is 744. The molecule has 0 aliphatic carbocycles. The summed E-state index contributed by atoms with van der Waals surface area (Å²) in [4.78, 5) is 0. The summed E-state index contributed by atoms with van der Waals surface area (Å²) >= 11 is 3.28. The van der Waals surface area contributed by atoms with Gasteiger partial charge in [-0.25, -0.2) is 8.42 Å². The molecule has 0 aromatic rings. The van der Waals surface area contributed by atoms with Crippen LogP contribution in [-0.2, 0) is 10.1 Å². The van der Waals surface area contributed by atoms with Gasteiger partial charge in [0.05, 0.1) is 0 Å². The molecule has 0 aromatic carbocycles. The van der Waals surface area contributed by atoms with Crippen LogP contribution in [0.25, 0.3) is 0 Å². The van der Waals surface area contributed by atoms with Gasteiger partial charge in [-0.1, -0.05) is 0 Å². The van der Waals surface area contributed by atoms with Crippen LogP contribution in [0.1, 0.15) is 0 Å². The molecule has 0 N–H and O–H groups in total. The van der Waals surface area contributed by atoms with Gasteiger partial charge in [0, 0.05) is 0 Å². The summed E-state index contributed by atoms with van der Waals surface area (Å²) in [5, 5.41) is -14.8. The third-order valence-corrected chi connectivity index (χ3v) is 4.13. The van der Waals surface area contributed by atoms with Gasteiger partial charge in [-0.2, -0.15) is 70.2 Å². The maximum Gasteiger partial charge on any atom is 1.00 e. The van der Waals surface area contributed by atoms with Crippen LogP contribution in [0.5, 0.6) is 0 Å². The van der Waals surface area contributed by atoms with Crippen molar-refractivity contribution in [3.8, 4) is 0 Å². The molecule has 0 atom stereocenters. The van der Waals surface area contributed by atoms with Crippen molar-refractivity contribution in [2.75, 3.05) is 0 Å². The summed E-state index contributed by atoms with van der Waals surface area (Å²) < 4.78 is 235. The molecule has 0 aromatic heterocycles. The molecular weight excluding hydrogens is 539 g/mol. The van der Waals surface area contributed by atoms with E-state index in [2.05, 4.69) is 11.6 Å². The van der Waals surface area contributed by atoms with Crippen LogP contribution < -0.4 is 29.6 Å². The number of rotatable bonds is 8. The van der Waals surface area contributed by atoms with E-state index in [0.717, 1.165) is 0 Å². The number of hydrogen-bond donors (Lipinski definition) is 0. The molecule has 0 fully saturated rings. The molecule has 0 rings (SSSR count). The van der Waals surface area contributed by atoms with Gasteiger partial charge < -0.3 is 4.55 Å². The topological polar surface area (TPSA) is 57.2 Å². The Labute approximate surface area is 180 Å². The Hall–Kier alpha value is 0.0800. The summed E-state index contributed by atoms with van der Waals surface area (Å²) in [5.74, 6) is -51.1. The van der Waals surface area contributed by atoms with Gasteiger partial charge in [-0.3, -0.25) is 0 Å². The van der Waals surface area contributed by atoms with Crippen molar-refractivity contribution in [1.82, 2.24) is 0 Å². The van der Waals surface area contributed by atoms with E-state index in [-0.39, 0.29) is 29.6 Å². The molecule has 0 heterocycles. The van der Waals surface area contributed by atoms with Crippen LogP contribution in [0.2, 0.25) is 0 Å². The largest absolute Gasteiger partial charge is 1.00 e. The molecule has 0 saturated heterocycles. The summed E-state index contributed by atoms with van der Waals surface area (Å²) in [7, 11) is -8.10. The van der Waals surface area contributed by atoms with Crippen molar-refractivity contribution < 1.29 is 113 Å². The Morgan fingerprint density at radius 2 is 0.700 bits per heavy atom. The summed E-state index contributed by atoms with van der Waals surface area (Å²) in [5.41, 5.74) is 0. The van der Waals surface area contributed by atoms with Crippen LogP contribution >= 0.6 is 11.6 Å². The van der Waals surface area contributed by atoms with E-state index in [4.69, 9.17) is 0 Å². The standard InChI is InChI=1S/C8HClF16O3S.Na/c9-7(22,23)5(18,19)3(14,15)1(10,11)2(12,13)4(16,17)6(20,21)8(24,25)29(26,27)28;/h(H,26,27,28);/q;+1/p-1. The van der Waals surface area contributed by atoms with Crippen LogP contribution in [-0.4, -0.2) is 59.1 Å². The third kappa shape index (κ3) is 3.96. The number of halogens is 17. The average molecular weight is 539 g/mol. The monoisotopic (exact) mass is 538 g/mol. The maximum absolute atomic E-state index is 13.1. The van der Waals surface area contributed by atoms with Gasteiger partial charge in [0.1, 0.15) is 0 Å². The second-order valence-electron chi connectivity index (χ2n) is 4.92. The van der Waals surface area contributed by atoms with Crippen molar-refractivity contribution in [2.24, 2.45) is 0 Å². The predicted octanol–water partition coefficient (Wildman–Crippen LogP) is 1.77. The maximum atomic E-state index is 13.1. The van der Waals surface area contributed by atoms with Crippen LogP contribution in [0.4, 0.5) is 70.2 Å². The second-order valence-corrected chi connectivity index (χ2v) is 6.81. The smallest absolute Gasteiger partial charge is 0.743 e. The van der Waals surface area contributed by atoms with Crippen molar-refractivity contribution in [1.29, 1.82) is 0 Å². The summed E-state index contributed by atoms with van der Waals surface area (Å²) in [6.45, 7) is 0. The van der Waals surface area contributed by atoms with Gasteiger partial charge in [0.25, 0.3) is 0 Å². The molecule has 0 aliphatic heterocycles. The van der Waals surface area contributed by atoms with E-state index >= 15 is 0 Å². The van der Waals surface area contributed by atoms with E-state index < -0.39 is 56.3 Å². The minimum Gasteiger partial charge on any atom is -0.743 e. The molecular formula is C8ClF16NaO3S. The van der Waals surface area contributed by atoms with Crippen molar-refractivity contribution in [3.05, 3.63) is 0 Å². The van der Waals surface area contributed by atoms with E-state index in [1.54, 1.807) is 0 Å². The van der Waals surface area contributed by atoms with Crippen molar-refractivity contribution in [3.63, 3.8) is 0 Å². The number of hydrogen-bond acceptors (Lipinski definition) is 3. The van der Waals surface area contributed by atoms with Gasteiger partial charge in [0.2, 0.25) is 0 Å². The Morgan fingerprint density at radius 3 is 0.900 bits per heavy atom. The molecule has 0 aliphatic rings. The first-order valence-electron chi connectivity index (χ1n) is 5.67. The zero-order valence-electron chi connectivity index (χ0n) is 13.1. The third-order valence-electron chi connectivity index (χ3n) is 3.01. The van der Waals surface area contributed by atoms with Gasteiger partial charge in [-0.05, 0) is 11.6 Å². The summed E-state index contributed by atoms with van der Waals surface area (Å²) in [6, 6.07) is 0. The first kappa shape index (κ1) is 32.3. The molecule has 0 unspecified atom stereocenters. The summed E-state index contributed by atoms with van der Waals surface area (Å²) in [6.07, 6.45) is 0. The fourth-order valence-electron chi connectivity index (χ4n) is 1.31. The quantitative estimate of drug-likeness (QED) is 0.205. The zero-order valence-corrected chi connectivity index (χ0v) is 16.6. The molecule has 0 saturated carbocycles. The normalized spacial score (nSPS) is 16.3. The van der Waals surface area contributed by atoms with Crippen molar-refractivity contribution >= 4 is 21.7 Å². The zero-order chi connectivity index (χ0) is 24.5. The fraction of sp³-hybridized carbons (Fsp3) is 1.00. The fourth-order valence-corrected chi connectivity index (χ4v) is 1.87. The molecule has 22 heteroatoms. The first-order valence-corrected chi connectivity index (χ1v) is 7.45. The van der Waals surface area contributed by atoms with Crippen LogP contribution in [0, 0.1) is 0 Å². The van der Waals surface area contributed by atoms with Crippen LogP contribution in [0.15, 0.2) is 0 Å². The van der Waals surface area contributed by atoms with Gasteiger partial charge in [0.15, 0.2) is 10.1 Å². The van der Waals surface area contributed by atoms with Gasteiger partial charge >= 0.3 is 75.7 Å². The van der Waals surface area contributed by atoms with E-state index in [9.17, 15) is 83.2 Å².